The van der Waals surface area contributed by atoms with Crippen LogP contribution in [0.3, 0.4) is 0 Å². The van der Waals surface area contributed by atoms with E-state index < -0.39 is 11.8 Å². The fourth-order valence-electron chi connectivity index (χ4n) is 4.36. The molecule has 6 nitrogen and oxygen atoms in total. The van der Waals surface area contributed by atoms with Gasteiger partial charge in [0.25, 0.3) is 0 Å². The van der Waals surface area contributed by atoms with Crippen molar-refractivity contribution in [3.63, 3.8) is 0 Å². The van der Waals surface area contributed by atoms with Crippen molar-refractivity contribution < 1.29 is 17.8 Å². The van der Waals surface area contributed by atoms with E-state index in [0.29, 0.717) is 16.8 Å². The fraction of sp³-hybridized carbons (Fsp3) is 0.345. The van der Waals surface area contributed by atoms with E-state index in [4.69, 9.17) is 19.4 Å². The Labute approximate surface area is 214 Å². The molecule has 37 heavy (non-hydrogen) atoms. The van der Waals surface area contributed by atoms with Gasteiger partial charge in [-0.15, -0.1) is 0 Å². The van der Waals surface area contributed by atoms with E-state index in [9.17, 15) is 8.78 Å². The van der Waals surface area contributed by atoms with Gasteiger partial charge in [0.05, 0.1) is 16.5 Å². The van der Waals surface area contributed by atoms with Crippen LogP contribution in [0.25, 0.3) is 44.7 Å². The third-order valence-electron chi connectivity index (χ3n) is 6.37. The van der Waals surface area contributed by atoms with Gasteiger partial charge in [0.1, 0.15) is 24.5 Å². The summed E-state index contributed by atoms with van der Waals surface area (Å²) in [5, 5.41) is 0.721. The molecular formula is C29H30F2N5O+. The van der Waals surface area contributed by atoms with Crippen molar-refractivity contribution >= 4 is 22.1 Å². The monoisotopic (exact) mass is 502 g/mol. The summed E-state index contributed by atoms with van der Waals surface area (Å²) in [4.78, 5) is 18.1. The predicted molar refractivity (Wildman–Crippen MR) is 139 cm³/mol. The van der Waals surface area contributed by atoms with Gasteiger partial charge in [-0.25, -0.2) is 23.9 Å². The quantitative estimate of drug-likeness (QED) is 0.203. The highest BCUT2D eigenvalue weighted by molar-refractivity contribution is 6.09. The smallest absolute Gasteiger partial charge is 0.232 e. The van der Waals surface area contributed by atoms with Crippen molar-refractivity contribution in [1.29, 1.82) is 0 Å². The number of aryl methyl sites for hydroxylation is 2. The van der Waals surface area contributed by atoms with Crippen LogP contribution < -0.4 is 4.57 Å². The maximum atomic E-state index is 14.6. The number of fused-ring (bicyclic) bond motifs is 3. The molecule has 5 aromatic rings. The highest BCUT2D eigenvalue weighted by atomic mass is 19.1. The second-order valence-corrected chi connectivity index (χ2v) is 11.6. The summed E-state index contributed by atoms with van der Waals surface area (Å²) < 4.78 is 36.3. The summed E-state index contributed by atoms with van der Waals surface area (Å²) in [6.45, 7) is 14.5. The van der Waals surface area contributed by atoms with Crippen molar-refractivity contribution in [2.45, 2.75) is 59.3 Å². The lowest BCUT2D eigenvalue weighted by Gasteiger charge is -2.22. The first-order valence-electron chi connectivity index (χ1n) is 12.2. The summed E-state index contributed by atoms with van der Waals surface area (Å²) in [6.07, 6.45) is 1.96. The van der Waals surface area contributed by atoms with Crippen LogP contribution in [-0.2, 0) is 17.9 Å². The van der Waals surface area contributed by atoms with Gasteiger partial charge in [-0.05, 0) is 18.6 Å². The summed E-state index contributed by atoms with van der Waals surface area (Å²) in [5.74, 6) is 0.457. The molecule has 0 N–H and O–H groups in total. The summed E-state index contributed by atoms with van der Waals surface area (Å²) in [6, 6.07) is 8.39. The van der Waals surface area contributed by atoms with E-state index in [1.54, 1.807) is 6.07 Å². The average Bonchev–Trinajstić information content (AvgIpc) is 3.16. The van der Waals surface area contributed by atoms with Crippen LogP contribution in [0.5, 0.6) is 0 Å². The van der Waals surface area contributed by atoms with Crippen LogP contribution in [0, 0.1) is 18.7 Å². The lowest BCUT2D eigenvalue weighted by molar-refractivity contribution is -0.659. The molecule has 5 rings (SSSR count). The summed E-state index contributed by atoms with van der Waals surface area (Å²) >= 11 is 0. The number of nitrogens with zero attached hydrogens (tertiary/aromatic N) is 5. The molecule has 0 spiro atoms. The molecule has 4 heterocycles. The molecule has 0 fully saturated rings. The van der Waals surface area contributed by atoms with Crippen molar-refractivity contribution in [2.24, 2.45) is 7.05 Å². The standard InChI is InChI=1S/C29H30F2N5O/c1-15-9-11-17-22-18(30)13-20(31)32-25(22)37-23(17)21(15)19-12-10-16(14-36(19)8)24-33-26(28(2,3)4)35-27(34-24)29(5,6)7/h9-14H,1-8H3/q+1. The Morgan fingerprint density at radius 2 is 1.49 bits per heavy atom. The molecule has 1 aromatic carbocycles. The molecule has 0 aliphatic heterocycles. The van der Waals surface area contributed by atoms with Crippen LogP contribution in [0.4, 0.5) is 8.78 Å². The number of hydrogen-bond donors (Lipinski definition) is 0. The largest absolute Gasteiger partial charge is 0.437 e. The zero-order valence-corrected chi connectivity index (χ0v) is 22.4. The van der Waals surface area contributed by atoms with Gasteiger partial charge in [0.15, 0.2) is 17.6 Å². The maximum absolute atomic E-state index is 14.6. The van der Waals surface area contributed by atoms with Crippen molar-refractivity contribution in [2.75, 3.05) is 0 Å². The van der Waals surface area contributed by atoms with Gasteiger partial charge in [-0.3, -0.25) is 0 Å². The molecule has 0 aliphatic carbocycles. The van der Waals surface area contributed by atoms with Crippen molar-refractivity contribution in [3.05, 3.63) is 65.5 Å². The van der Waals surface area contributed by atoms with Gasteiger partial charge in [-0.1, -0.05) is 53.7 Å². The van der Waals surface area contributed by atoms with Gasteiger partial charge in [0.2, 0.25) is 17.4 Å². The molecule has 0 atom stereocenters. The molecule has 0 amide bonds. The first kappa shape index (κ1) is 24.9. The zero-order valence-electron chi connectivity index (χ0n) is 22.4. The third kappa shape index (κ3) is 4.34. The minimum absolute atomic E-state index is 0.0618. The average molecular weight is 503 g/mol. The number of hydrogen-bond acceptors (Lipinski definition) is 5. The molecule has 0 bridgehead atoms. The van der Waals surface area contributed by atoms with Gasteiger partial charge >= 0.3 is 0 Å². The van der Waals surface area contributed by atoms with Gasteiger partial charge in [-0.2, -0.15) is 9.37 Å². The second-order valence-electron chi connectivity index (χ2n) is 11.6. The number of aromatic nitrogens is 5. The molecule has 190 valence electrons. The number of halogens is 2. The first-order valence-corrected chi connectivity index (χ1v) is 12.2. The van der Waals surface area contributed by atoms with Crippen molar-refractivity contribution in [3.8, 4) is 22.6 Å². The van der Waals surface area contributed by atoms with E-state index in [2.05, 4.69) is 46.5 Å². The van der Waals surface area contributed by atoms with Crippen LogP contribution >= 0.6 is 0 Å². The Balaban J connectivity index is 1.70. The molecule has 0 radical (unpaired) electrons. The Morgan fingerprint density at radius 1 is 0.838 bits per heavy atom. The number of rotatable bonds is 2. The summed E-state index contributed by atoms with van der Waals surface area (Å²) in [7, 11) is 1.93. The minimum atomic E-state index is -0.918. The lowest BCUT2D eigenvalue weighted by Crippen LogP contribution is -2.31. The van der Waals surface area contributed by atoms with Crippen LogP contribution in [-0.4, -0.2) is 19.9 Å². The van der Waals surface area contributed by atoms with Crippen LogP contribution in [0.15, 0.2) is 40.9 Å². The number of pyridine rings is 2. The predicted octanol–water partition coefficient (Wildman–Crippen LogP) is 6.51. The lowest BCUT2D eigenvalue weighted by atomic mass is 9.93. The molecule has 0 saturated carbocycles. The minimum Gasteiger partial charge on any atom is -0.437 e. The topological polar surface area (TPSA) is 68.6 Å². The summed E-state index contributed by atoms with van der Waals surface area (Å²) in [5.41, 5.74) is 3.31. The van der Waals surface area contributed by atoms with Crippen LogP contribution in [0.1, 0.15) is 58.8 Å². The molecule has 4 aromatic heterocycles. The Morgan fingerprint density at radius 3 is 2.08 bits per heavy atom. The number of benzene rings is 1. The van der Waals surface area contributed by atoms with Gasteiger partial charge < -0.3 is 4.42 Å². The normalized spacial score (nSPS) is 12.6. The zero-order chi connectivity index (χ0) is 26.9. The Bertz CT molecular complexity index is 1660. The van der Waals surface area contributed by atoms with Crippen molar-refractivity contribution in [1.82, 2.24) is 19.9 Å². The highest BCUT2D eigenvalue weighted by Crippen LogP contribution is 2.37. The molecule has 8 heteroatoms. The molecule has 0 aliphatic rings. The van der Waals surface area contributed by atoms with Gasteiger partial charge in [0, 0.05) is 28.3 Å². The van der Waals surface area contributed by atoms with E-state index in [1.807, 2.05) is 42.9 Å². The molecule has 0 saturated heterocycles. The van der Waals surface area contributed by atoms with E-state index in [-0.39, 0.29) is 21.9 Å². The van der Waals surface area contributed by atoms with Crippen LogP contribution in [0.2, 0.25) is 0 Å². The first-order chi connectivity index (χ1) is 17.2. The Hall–Kier alpha value is -3.81. The van der Waals surface area contributed by atoms with E-state index in [0.717, 1.165) is 40.1 Å². The molecular weight excluding hydrogens is 472 g/mol. The second kappa shape index (κ2) is 8.36. The Kier molecular flexibility index (Phi) is 5.62. The third-order valence-corrected chi connectivity index (χ3v) is 6.37. The van der Waals surface area contributed by atoms with E-state index >= 15 is 0 Å². The maximum Gasteiger partial charge on any atom is 0.232 e. The fourth-order valence-corrected chi connectivity index (χ4v) is 4.36. The van der Waals surface area contributed by atoms with E-state index in [1.165, 1.54) is 0 Å². The SMILES string of the molecule is Cc1ccc2c(oc3nc(F)cc(F)c32)c1-c1ccc(-c2nc(C(C)(C)C)nc(C(C)(C)C)n2)c[n+]1C. The highest BCUT2D eigenvalue weighted by Gasteiger charge is 2.27. The molecule has 0 unspecified atom stereocenters. The number of furan rings is 1.